The highest BCUT2D eigenvalue weighted by atomic mass is 16.5. The van der Waals surface area contributed by atoms with Gasteiger partial charge in [-0.2, -0.15) is 5.26 Å². The molecule has 0 amide bonds. The number of ether oxygens (including phenoxy) is 2. The standard InChI is InChI=1S/C31H23N3O4/c1-16-4-8-20(9-5-16)36-30-22(14-19-12-17(2)6-10-24(19)34-30)26-23(15-32)29(33)38-28-21-13-18(3)7-11-25(21)37-31(35)27(26)28/h4-14,26H,33H2,1-3H3. The summed E-state index contributed by atoms with van der Waals surface area (Å²) in [6.45, 7) is 5.91. The average Bonchev–Trinajstić information content (AvgIpc) is 2.89. The van der Waals surface area contributed by atoms with Gasteiger partial charge in [-0.25, -0.2) is 9.78 Å². The van der Waals surface area contributed by atoms with Gasteiger partial charge in [-0.3, -0.25) is 0 Å². The Balaban J connectivity index is 1.67. The summed E-state index contributed by atoms with van der Waals surface area (Å²) in [6, 6.07) is 22.9. The second-order valence-electron chi connectivity index (χ2n) is 9.55. The predicted octanol–water partition coefficient (Wildman–Crippen LogP) is 6.28. The Hall–Kier alpha value is -5.09. The minimum Gasteiger partial charge on any atom is -0.439 e. The van der Waals surface area contributed by atoms with Crippen molar-refractivity contribution in [2.24, 2.45) is 5.73 Å². The summed E-state index contributed by atoms with van der Waals surface area (Å²) in [5, 5.41) is 11.6. The van der Waals surface area contributed by atoms with Gasteiger partial charge in [0, 0.05) is 10.9 Å². The zero-order valence-electron chi connectivity index (χ0n) is 21.0. The van der Waals surface area contributed by atoms with Crippen LogP contribution in [-0.4, -0.2) is 4.98 Å². The third-order valence-electron chi connectivity index (χ3n) is 6.73. The highest BCUT2D eigenvalue weighted by Gasteiger charge is 2.38. The van der Waals surface area contributed by atoms with Gasteiger partial charge >= 0.3 is 5.63 Å². The molecule has 0 aliphatic carbocycles. The predicted molar refractivity (Wildman–Crippen MR) is 144 cm³/mol. The fourth-order valence-electron chi connectivity index (χ4n) is 4.85. The molecule has 2 aromatic heterocycles. The summed E-state index contributed by atoms with van der Waals surface area (Å²) in [6.07, 6.45) is 0. The average molecular weight is 502 g/mol. The Morgan fingerprint density at radius 3 is 2.42 bits per heavy atom. The largest absolute Gasteiger partial charge is 0.439 e. The minimum absolute atomic E-state index is 0.0796. The maximum absolute atomic E-state index is 13.5. The Bertz CT molecular complexity index is 1900. The van der Waals surface area contributed by atoms with Crippen LogP contribution in [0.25, 0.3) is 21.9 Å². The van der Waals surface area contributed by atoms with E-state index in [4.69, 9.17) is 24.6 Å². The fraction of sp³-hybridized carbons (Fsp3) is 0.129. The van der Waals surface area contributed by atoms with Crippen molar-refractivity contribution in [1.82, 2.24) is 4.98 Å². The number of allylic oxidation sites excluding steroid dienone is 1. The van der Waals surface area contributed by atoms with Crippen LogP contribution in [0.3, 0.4) is 0 Å². The molecule has 3 aromatic carbocycles. The third kappa shape index (κ3) is 3.84. The third-order valence-corrected chi connectivity index (χ3v) is 6.73. The molecule has 0 radical (unpaired) electrons. The molecule has 1 aliphatic rings. The molecule has 1 unspecified atom stereocenters. The van der Waals surface area contributed by atoms with E-state index in [0.29, 0.717) is 27.8 Å². The van der Waals surface area contributed by atoms with E-state index in [0.717, 1.165) is 22.1 Å². The van der Waals surface area contributed by atoms with Gasteiger partial charge in [0.2, 0.25) is 11.8 Å². The zero-order chi connectivity index (χ0) is 26.6. The smallest absolute Gasteiger partial charge is 0.344 e. The molecule has 0 spiro atoms. The number of nitrogens with zero attached hydrogens (tertiary/aromatic N) is 2. The number of nitriles is 1. The van der Waals surface area contributed by atoms with Crippen LogP contribution in [-0.2, 0) is 0 Å². The van der Waals surface area contributed by atoms with E-state index in [-0.39, 0.29) is 28.6 Å². The quantitative estimate of drug-likeness (QED) is 0.290. The van der Waals surface area contributed by atoms with E-state index >= 15 is 0 Å². The van der Waals surface area contributed by atoms with E-state index in [2.05, 4.69) is 6.07 Å². The molecule has 1 aliphatic heterocycles. The first-order chi connectivity index (χ1) is 18.3. The molecule has 0 saturated carbocycles. The summed E-state index contributed by atoms with van der Waals surface area (Å²) in [5.74, 6) is 0.103. The van der Waals surface area contributed by atoms with Gasteiger partial charge in [-0.1, -0.05) is 41.0 Å². The van der Waals surface area contributed by atoms with Gasteiger partial charge in [0.15, 0.2) is 5.75 Å². The highest BCUT2D eigenvalue weighted by Crippen LogP contribution is 2.46. The summed E-state index contributed by atoms with van der Waals surface area (Å²) in [4.78, 5) is 18.3. The summed E-state index contributed by atoms with van der Waals surface area (Å²) in [7, 11) is 0. The normalized spacial score (nSPS) is 14.7. The molecule has 0 fully saturated rings. The Kier molecular flexibility index (Phi) is 5.39. The van der Waals surface area contributed by atoms with Crippen molar-refractivity contribution in [3.05, 3.63) is 116 Å². The highest BCUT2D eigenvalue weighted by molar-refractivity contribution is 5.87. The monoisotopic (exact) mass is 501 g/mol. The second kappa shape index (κ2) is 8.79. The number of benzene rings is 3. The van der Waals surface area contributed by atoms with Crippen molar-refractivity contribution in [1.29, 1.82) is 5.26 Å². The zero-order valence-corrected chi connectivity index (χ0v) is 21.0. The number of nitrogens with two attached hydrogens (primary N) is 1. The van der Waals surface area contributed by atoms with Crippen LogP contribution in [0.2, 0.25) is 0 Å². The Labute approximate surface area is 218 Å². The SMILES string of the molecule is Cc1ccc(Oc2nc3ccc(C)cc3cc2C2C(C#N)=C(N)Oc3c2c(=O)oc2ccc(C)cc32)cc1. The van der Waals surface area contributed by atoms with E-state index in [1.54, 1.807) is 6.07 Å². The maximum Gasteiger partial charge on any atom is 0.344 e. The first kappa shape index (κ1) is 23.3. The van der Waals surface area contributed by atoms with E-state index in [1.165, 1.54) is 0 Å². The number of pyridine rings is 1. The van der Waals surface area contributed by atoms with Gasteiger partial charge in [-0.05, 0) is 63.2 Å². The van der Waals surface area contributed by atoms with Crippen LogP contribution in [0.1, 0.15) is 33.7 Å². The number of aromatic nitrogens is 1. The second-order valence-corrected chi connectivity index (χ2v) is 9.55. The number of hydrogen-bond donors (Lipinski definition) is 1. The molecule has 0 bridgehead atoms. The minimum atomic E-state index is -0.914. The summed E-state index contributed by atoms with van der Waals surface area (Å²) >= 11 is 0. The topological polar surface area (TPSA) is 111 Å². The molecular weight excluding hydrogens is 478 g/mol. The van der Waals surface area contributed by atoms with E-state index in [9.17, 15) is 10.1 Å². The van der Waals surface area contributed by atoms with Crippen LogP contribution in [0.4, 0.5) is 0 Å². The number of aryl methyl sites for hydroxylation is 3. The molecule has 7 heteroatoms. The van der Waals surface area contributed by atoms with Crippen LogP contribution in [0, 0.1) is 32.1 Å². The molecule has 2 N–H and O–H groups in total. The van der Waals surface area contributed by atoms with Crippen molar-refractivity contribution in [3.63, 3.8) is 0 Å². The molecule has 6 rings (SSSR count). The lowest BCUT2D eigenvalue weighted by atomic mass is 9.83. The molecular formula is C31H23N3O4. The number of hydrogen-bond acceptors (Lipinski definition) is 7. The molecule has 5 aromatic rings. The van der Waals surface area contributed by atoms with Crippen molar-refractivity contribution in [3.8, 4) is 23.4 Å². The van der Waals surface area contributed by atoms with Crippen molar-refractivity contribution < 1.29 is 13.9 Å². The van der Waals surface area contributed by atoms with Crippen LogP contribution in [0.5, 0.6) is 17.4 Å². The van der Waals surface area contributed by atoms with Gasteiger partial charge in [-0.15, -0.1) is 0 Å². The van der Waals surface area contributed by atoms with Crippen molar-refractivity contribution in [2.45, 2.75) is 26.7 Å². The van der Waals surface area contributed by atoms with E-state index < -0.39 is 11.5 Å². The van der Waals surface area contributed by atoms with Crippen molar-refractivity contribution >= 4 is 21.9 Å². The van der Waals surface area contributed by atoms with Crippen LogP contribution in [0.15, 0.2) is 87.4 Å². The molecule has 0 saturated heterocycles. The lowest BCUT2D eigenvalue weighted by molar-refractivity contribution is 0.385. The van der Waals surface area contributed by atoms with Crippen LogP contribution < -0.4 is 20.8 Å². The molecule has 3 heterocycles. The number of fused-ring (bicyclic) bond motifs is 4. The molecule has 38 heavy (non-hydrogen) atoms. The Morgan fingerprint density at radius 1 is 0.947 bits per heavy atom. The fourth-order valence-corrected chi connectivity index (χ4v) is 4.85. The Morgan fingerprint density at radius 2 is 1.66 bits per heavy atom. The van der Waals surface area contributed by atoms with Gasteiger partial charge in [0.05, 0.1) is 22.4 Å². The lowest BCUT2D eigenvalue weighted by Gasteiger charge is -2.27. The molecule has 7 nitrogen and oxygen atoms in total. The summed E-state index contributed by atoms with van der Waals surface area (Å²) < 4.78 is 17.9. The maximum atomic E-state index is 13.5. The summed E-state index contributed by atoms with van der Waals surface area (Å²) in [5.41, 5.74) is 10.6. The van der Waals surface area contributed by atoms with Gasteiger partial charge in [0.1, 0.15) is 23.0 Å². The van der Waals surface area contributed by atoms with Crippen molar-refractivity contribution in [2.75, 3.05) is 0 Å². The molecule has 1 atom stereocenters. The van der Waals surface area contributed by atoms with Gasteiger partial charge in [0.25, 0.3) is 0 Å². The molecule has 186 valence electrons. The first-order valence-electron chi connectivity index (χ1n) is 12.1. The first-order valence-corrected chi connectivity index (χ1v) is 12.1. The van der Waals surface area contributed by atoms with Crippen LogP contribution >= 0.6 is 0 Å². The lowest BCUT2D eigenvalue weighted by Crippen LogP contribution is -2.26. The van der Waals surface area contributed by atoms with Gasteiger partial charge < -0.3 is 19.6 Å². The van der Waals surface area contributed by atoms with E-state index in [1.807, 2.05) is 81.4 Å². The number of rotatable bonds is 3.